The molecule has 0 aliphatic carbocycles. The third kappa shape index (κ3) is 3.67. The normalized spacial score (nSPS) is 12.9. The van der Waals surface area contributed by atoms with E-state index in [0.717, 1.165) is 0 Å². The van der Waals surface area contributed by atoms with Gasteiger partial charge in [0.15, 0.2) is 0 Å². The summed E-state index contributed by atoms with van der Waals surface area (Å²) in [4.78, 5) is 26.0. The lowest BCUT2D eigenvalue weighted by Crippen LogP contribution is -2.23. The molecule has 7 heteroatoms. The number of amides is 1. The van der Waals surface area contributed by atoms with Crippen molar-refractivity contribution in [3.05, 3.63) is 65.0 Å². The second-order valence-corrected chi connectivity index (χ2v) is 7.20. The summed E-state index contributed by atoms with van der Waals surface area (Å²) in [5.74, 6) is -0.706. The molecule has 160 valence electrons. The molecule has 0 radical (unpaired) electrons. The van der Waals surface area contributed by atoms with Gasteiger partial charge in [-0.15, -0.1) is 0 Å². The van der Waals surface area contributed by atoms with Gasteiger partial charge < -0.3 is 19.5 Å². The predicted octanol–water partition coefficient (Wildman–Crippen LogP) is 4.56. The van der Waals surface area contributed by atoms with Gasteiger partial charge in [-0.2, -0.15) is 0 Å². The molecule has 3 aromatic carbocycles. The van der Waals surface area contributed by atoms with Gasteiger partial charge in [0.1, 0.15) is 17.3 Å². The van der Waals surface area contributed by atoms with E-state index in [1.807, 2.05) is 13.8 Å². The number of fused-ring (bicyclic) bond motifs is 2. The minimum absolute atomic E-state index is 0.0889. The topological polar surface area (TPSA) is 76.1 Å². The van der Waals surface area contributed by atoms with Gasteiger partial charge in [0.05, 0.1) is 31.7 Å². The smallest absolute Gasteiger partial charge is 0.307 e. The average Bonchev–Trinajstić information content (AvgIpc) is 3.08. The van der Waals surface area contributed by atoms with Crippen LogP contribution in [-0.2, 0) is 17.8 Å². The molecule has 0 saturated heterocycles. The molecule has 1 heterocycles. The highest BCUT2D eigenvalue weighted by atomic mass is 19.1. The van der Waals surface area contributed by atoms with Gasteiger partial charge in [0.2, 0.25) is 0 Å². The maximum absolute atomic E-state index is 14.1. The number of ether oxygens (including phenoxy) is 2. The van der Waals surface area contributed by atoms with E-state index in [0.29, 0.717) is 57.9 Å². The highest BCUT2D eigenvalue weighted by molar-refractivity contribution is 6.16. The summed E-state index contributed by atoms with van der Waals surface area (Å²) in [6.45, 7) is 4.66. The molecule has 6 nitrogen and oxygen atoms in total. The van der Waals surface area contributed by atoms with E-state index in [-0.39, 0.29) is 18.9 Å². The van der Waals surface area contributed by atoms with Crippen molar-refractivity contribution in [3.8, 4) is 11.5 Å². The van der Waals surface area contributed by atoms with Crippen LogP contribution in [-0.4, -0.2) is 30.2 Å². The van der Waals surface area contributed by atoms with Gasteiger partial charge in [0, 0.05) is 22.0 Å². The Labute approximate surface area is 178 Å². The summed E-state index contributed by atoms with van der Waals surface area (Å²) in [5.41, 5.74) is 2.35. The number of carboxylic acids is 1. The molecule has 4 rings (SSSR count). The molecule has 0 fully saturated rings. The van der Waals surface area contributed by atoms with Crippen LogP contribution in [0.2, 0.25) is 0 Å². The van der Waals surface area contributed by atoms with Crippen LogP contribution in [0, 0.1) is 5.82 Å². The Morgan fingerprint density at radius 2 is 1.71 bits per heavy atom. The van der Waals surface area contributed by atoms with Crippen molar-refractivity contribution in [3.63, 3.8) is 0 Å². The quantitative estimate of drug-likeness (QED) is 0.603. The van der Waals surface area contributed by atoms with Crippen LogP contribution in [0.5, 0.6) is 11.5 Å². The number of nitrogens with zero attached hydrogens (tertiary/aromatic N) is 1. The molecule has 0 aromatic heterocycles. The Balaban J connectivity index is 1.85. The van der Waals surface area contributed by atoms with Gasteiger partial charge in [-0.1, -0.05) is 12.1 Å². The number of anilines is 1. The Hall–Kier alpha value is -3.61. The predicted molar refractivity (Wildman–Crippen MR) is 115 cm³/mol. The molecule has 0 spiro atoms. The van der Waals surface area contributed by atoms with Crippen LogP contribution in [0.25, 0.3) is 10.8 Å². The van der Waals surface area contributed by atoms with Gasteiger partial charge in [-0.05, 0) is 49.7 Å². The molecule has 3 aromatic rings. The first-order chi connectivity index (χ1) is 14.9. The fourth-order valence-electron chi connectivity index (χ4n) is 3.97. The monoisotopic (exact) mass is 423 g/mol. The number of aliphatic carboxylic acids is 1. The summed E-state index contributed by atoms with van der Waals surface area (Å²) in [7, 11) is 0. The Morgan fingerprint density at radius 3 is 2.35 bits per heavy atom. The van der Waals surface area contributed by atoms with E-state index in [4.69, 9.17) is 14.6 Å². The van der Waals surface area contributed by atoms with Gasteiger partial charge in [-0.25, -0.2) is 4.39 Å². The number of hydrogen-bond donors (Lipinski definition) is 1. The second-order valence-electron chi connectivity index (χ2n) is 7.20. The van der Waals surface area contributed by atoms with Crippen molar-refractivity contribution < 1.29 is 28.6 Å². The van der Waals surface area contributed by atoms with E-state index in [9.17, 15) is 14.0 Å². The zero-order chi connectivity index (χ0) is 22.1. The van der Waals surface area contributed by atoms with Crippen molar-refractivity contribution in [2.45, 2.75) is 26.8 Å². The lowest BCUT2D eigenvalue weighted by Gasteiger charge is -2.16. The molecule has 1 N–H and O–H groups in total. The highest BCUT2D eigenvalue weighted by Gasteiger charge is 2.36. The number of halogens is 1. The number of hydrogen-bond acceptors (Lipinski definition) is 4. The molecule has 1 aliphatic heterocycles. The van der Waals surface area contributed by atoms with Crippen molar-refractivity contribution >= 4 is 28.3 Å². The zero-order valence-electron chi connectivity index (χ0n) is 17.3. The molecular formula is C24H22FNO5. The molecule has 0 unspecified atom stereocenters. The minimum Gasteiger partial charge on any atom is -0.493 e. The zero-order valence-corrected chi connectivity index (χ0v) is 17.3. The van der Waals surface area contributed by atoms with Crippen molar-refractivity contribution in [2.75, 3.05) is 18.1 Å². The molecular weight excluding hydrogens is 401 g/mol. The summed E-state index contributed by atoms with van der Waals surface area (Å²) in [5, 5.41) is 10.2. The maximum Gasteiger partial charge on any atom is 0.307 e. The molecule has 0 atom stereocenters. The molecule has 31 heavy (non-hydrogen) atoms. The Morgan fingerprint density at radius 1 is 1.03 bits per heavy atom. The number of benzene rings is 3. The van der Waals surface area contributed by atoms with E-state index in [1.165, 1.54) is 12.1 Å². The number of carbonyl (C=O) groups excluding carboxylic acids is 1. The summed E-state index contributed by atoms with van der Waals surface area (Å²) >= 11 is 0. The SMILES string of the molecule is CCOc1c2c(c(OCC)c3cc(F)ccc13)C(=O)N(c1ccc(CC(=O)O)cc1)C2. The Kier molecular flexibility index (Phi) is 5.50. The van der Waals surface area contributed by atoms with Crippen molar-refractivity contribution in [1.82, 2.24) is 0 Å². The van der Waals surface area contributed by atoms with Gasteiger partial charge in [-0.3, -0.25) is 9.59 Å². The highest BCUT2D eigenvalue weighted by Crippen LogP contribution is 2.46. The Bertz CT molecular complexity index is 1170. The van der Waals surface area contributed by atoms with E-state index >= 15 is 0 Å². The number of carbonyl (C=O) groups is 2. The second kappa shape index (κ2) is 8.26. The number of rotatable bonds is 7. The standard InChI is InChI=1S/C24H22FNO5/c1-3-30-22-17-10-7-15(25)12-18(17)23(31-4-2)21-19(22)13-26(24(21)29)16-8-5-14(6-9-16)11-20(27)28/h5-10,12H,3-4,11,13H2,1-2H3,(H,27,28). The third-order valence-corrected chi connectivity index (χ3v) is 5.23. The summed E-state index contributed by atoms with van der Waals surface area (Å²) in [6, 6.07) is 11.2. The van der Waals surface area contributed by atoms with Crippen molar-refractivity contribution in [2.24, 2.45) is 0 Å². The van der Waals surface area contributed by atoms with Crippen LogP contribution in [0.3, 0.4) is 0 Å². The first-order valence-corrected chi connectivity index (χ1v) is 10.1. The van der Waals surface area contributed by atoms with Crippen LogP contribution >= 0.6 is 0 Å². The first kappa shape index (κ1) is 20.7. The minimum atomic E-state index is -0.918. The van der Waals surface area contributed by atoms with Gasteiger partial charge in [0.25, 0.3) is 5.91 Å². The average molecular weight is 423 g/mol. The summed E-state index contributed by atoms with van der Waals surface area (Å²) in [6.07, 6.45) is -0.0889. The number of carboxylic acid groups (broad SMARTS) is 1. The van der Waals surface area contributed by atoms with E-state index in [1.54, 1.807) is 35.2 Å². The fraction of sp³-hybridized carbons (Fsp3) is 0.250. The first-order valence-electron chi connectivity index (χ1n) is 10.1. The van der Waals surface area contributed by atoms with Crippen LogP contribution in [0.4, 0.5) is 10.1 Å². The van der Waals surface area contributed by atoms with Gasteiger partial charge >= 0.3 is 5.97 Å². The molecule has 1 amide bonds. The van der Waals surface area contributed by atoms with Crippen molar-refractivity contribution in [1.29, 1.82) is 0 Å². The lowest BCUT2D eigenvalue weighted by molar-refractivity contribution is -0.136. The molecule has 1 aliphatic rings. The third-order valence-electron chi connectivity index (χ3n) is 5.23. The fourth-order valence-corrected chi connectivity index (χ4v) is 3.97. The summed E-state index contributed by atoms with van der Waals surface area (Å²) < 4.78 is 25.8. The van der Waals surface area contributed by atoms with E-state index < -0.39 is 11.8 Å². The van der Waals surface area contributed by atoms with E-state index in [2.05, 4.69) is 0 Å². The molecule has 0 bridgehead atoms. The van der Waals surface area contributed by atoms with Crippen LogP contribution in [0.15, 0.2) is 42.5 Å². The lowest BCUT2D eigenvalue weighted by atomic mass is 9.99. The largest absolute Gasteiger partial charge is 0.493 e. The molecule has 0 saturated carbocycles. The van der Waals surface area contributed by atoms with Crippen LogP contribution < -0.4 is 14.4 Å². The maximum atomic E-state index is 14.1. The van der Waals surface area contributed by atoms with Crippen LogP contribution in [0.1, 0.15) is 35.3 Å².